The zero-order valence-electron chi connectivity index (χ0n) is 10.9. The second kappa shape index (κ2) is 4.87. The molecular weight excluding hydrogens is 242 g/mol. The minimum Gasteiger partial charge on any atom is -0.334 e. The summed E-state index contributed by atoms with van der Waals surface area (Å²) in [5.41, 5.74) is 0.662. The largest absolute Gasteiger partial charge is 0.334 e. The Kier molecular flexibility index (Phi) is 3.06. The van der Waals surface area contributed by atoms with Gasteiger partial charge in [-0.05, 0) is 18.9 Å². The van der Waals surface area contributed by atoms with E-state index >= 15 is 0 Å². The molecule has 6 nitrogen and oxygen atoms in total. The summed E-state index contributed by atoms with van der Waals surface area (Å²) in [4.78, 5) is 14.4. The number of carbonyl (C=O) groups excluding carboxylic acids is 1. The number of rotatable bonds is 3. The van der Waals surface area contributed by atoms with Crippen molar-refractivity contribution in [1.82, 2.24) is 24.5 Å². The topological polar surface area (TPSA) is 56.0 Å². The lowest BCUT2D eigenvalue weighted by Crippen LogP contribution is -2.38. The highest BCUT2D eigenvalue weighted by Crippen LogP contribution is 2.21. The number of aryl methyl sites for hydroxylation is 1. The summed E-state index contributed by atoms with van der Waals surface area (Å²) in [5.74, 6) is 0.0720. The molecule has 2 aromatic rings. The molecule has 6 heteroatoms. The van der Waals surface area contributed by atoms with E-state index in [1.165, 1.54) is 0 Å². The molecule has 0 bridgehead atoms. The fraction of sp³-hybridized carbons (Fsp3) is 0.462. The summed E-state index contributed by atoms with van der Waals surface area (Å²) < 4.78 is 3.55. The van der Waals surface area contributed by atoms with E-state index in [0.29, 0.717) is 5.56 Å². The lowest BCUT2D eigenvalue weighted by atomic mass is 10.2. The quantitative estimate of drug-likeness (QED) is 0.823. The van der Waals surface area contributed by atoms with Crippen molar-refractivity contribution in [2.45, 2.75) is 25.4 Å². The molecule has 0 radical (unpaired) electrons. The zero-order chi connectivity index (χ0) is 13.2. The maximum absolute atomic E-state index is 12.4. The summed E-state index contributed by atoms with van der Waals surface area (Å²) in [6.45, 7) is 1.58. The Morgan fingerprint density at radius 1 is 1.47 bits per heavy atom. The number of hydrogen-bond acceptors (Lipinski definition) is 3. The maximum Gasteiger partial charge on any atom is 0.257 e. The Hall–Kier alpha value is -2.11. The van der Waals surface area contributed by atoms with Gasteiger partial charge in [-0.25, -0.2) is 0 Å². The Labute approximate surface area is 111 Å². The lowest BCUT2D eigenvalue weighted by molar-refractivity contribution is 0.0721. The molecule has 1 aliphatic rings. The van der Waals surface area contributed by atoms with Gasteiger partial charge in [-0.2, -0.15) is 10.2 Å². The number of hydrogen-bond donors (Lipinski definition) is 0. The molecule has 3 rings (SSSR count). The van der Waals surface area contributed by atoms with E-state index in [1.54, 1.807) is 23.3 Å². The van der Waals surface area contributed by atoms with Crippen LogP contribution >= 0.6 is 0 Å². The van der Waals surface area contributed by atoms with E-state index in [-0.39, 0.29) is 11.9 Å². The van der Waals surface area contributed by atoms with E-state index in [2.05, 4.69) is 10.2 Å². The molecule has 1 aliphatic heterocycles. The summed E-state index contributed by atoms with van der Waals surface area (Å²) >= 11 is 0. The van der Waals surface area contributed by atoms with Gasteiger partial charge in [-0.3, -0.25) is 14.2 Å². The van der Waals surface area contributed by atoms with Crippen LogP contribution in [0.3, 0.4) is 0 Å². The molecule has 0 saturated carbocycles. The van der Waals surface area contributed by atoms with E-state index in [1.807, 2.05) is 28.9 Å². The van der Waals surface area contributed by atoms with Crippen LogP contribution in [0.4, 0.5) is 0 Å². The van der Waals surface area contributed by atoms with Crippen molar-refractivity contribution < 1.29 is 4.79 Å². The van der Waals surface area contributed by atoms with E-state index in [9.17, 15) is 4.79 Å². The van der Waals surface area contributed by atoms with Gasteiger partial charge in [0.25, 0.3) is 5.91 Å². The predicted molar refractivity (Wildman–Crippen MR) is 69.5 cm³/mol. The number of amides is 1. The summed E-state index contributed by atoms with van der Waals surface area (Å²) in [7, 11) is 1.82. The minimum absolute atomic E-state index is 0.0720. The Morgan fingerprint density at radius 3 is 3.05 bits per heavy atom. The van der Waals surface area contributed by atoms with Crippen LogP contribution in [0.5, 0.6) is 0 Å². The van der Waals surface area contributed by atoms with E-state index in [0.717, 1.165) is 25.9 Å². The summed E-state index contributed by atoms with van der Waals surface area (Å²) in [6.07, 6.45) is 9.19. The van der Waals surface area contributed by atoms with Crippen LogP contribution in [0.15, 0.2) is 30.9 Å². The second-order valence-electron chi connectivity index (χ2n) is 4.93. The fourth-order valence-corrected chi connectivity index (χ4v) is 2.61. The van der Waals surface area contributed by atoms with Crippen LogP contribution in [-0.4, -0.2) is 43.0 Å². The third kappa shape index (κ3) is 2.38. The van der Waals surface area contributed by atoms with Crippen molar-refractivity contribution in [3.63, 3.8) is 0 Å². The molecule has 19 heavy (non-hydrogen) atoms. The molecule has 1 fully saturated rings. The second-order valence-corrected chi connectivity index (χ2v) is 4.93. The van der Waals surface area contributed by atoms with Gasteiger partial charge in [0.15, 0.2) is 0 Å². The summed E-state index contributed by atoms with van der Waals surface area (Å²) in [6, 6.07) is 2.13. The first-order valence-corrected chi connectivity index (χ1v) is 6.51. The van der Waals surface area contributed by atoms with Gasteiger partial charge in [0.1, 0.15) is 0 Å². The molecule has 0 N–H and O–H groups in total. The Bertz CT molecular complexity index is 559. The molecular formula is C13H17N5O. The summed E-state index contributed by atoms with van der Waals surface area (Å²) in [5, 5.41) is 8.27. The van der Waals surface area contributed by atoms with Gasteiger partial charge >= 0.3 is 0 Å². The van der Waals surface area contributed by atoms with Crippen molar-refractivity contribution in [2.75, 3.05) is 6.54 Å². The number of aromatic nitrogens is 4. The van der Waals surface area contributed by atoms with Crippen LogP contribution in [-0.2, 0) is 13.6 Å². The van der Waals surface area contributed by atoms with Crippen LogP contribution in [0.2, 0.25) is 0 Å². The molecule has 1 amide bonds. The third-order valence-corrected chi connectivity index (χ3v) is 3.55. The van der Waals surface area contributed by atoms with Gasteiger partial charge in [-0.15, -0.1) is 0 Å². The molecule has 1 atom stereocenters. The zero-order valence-corrected chi connectivity index (χ0v) is 10.9. The standard InChI is InChI=1S/C13H17N5O/c1-16-9-11(8-15-16)13(19)18-7-2-4-12(18)10-17-6-3-5-14-17/h3,5-6,8-9,12H,2,4,7,10H2,1H3/t12-/m1/s1. The van der Waals surface area contributed by atoms with Crippen molar-refractivity contribution >= 4 is 5.91 Å². The molecule has 2 aromatic heterocycles. The number of nitrogens with zero attached hydrogens (tertiary/aromatic N) is 5. The van der Waals surface area contributed by atoms with Crippen molar-refractivity contribution in [3.8, 4) is 0 Å². The SMILES string of the molecule is Cn1cc(C(=O)N2CCC[C@@H]2Cn2cccn2)cn1. The minimum atomic E-state index is 0.0720. The molecule has 0 aromatic carbocycles. The Balaban J connectivity index is 1.74. The first kappa shape index (κ1) is 12.0. The molecule has 1 saturated heterocycles. The molecule has 100 valence electrons. The third-order valence-electron chi connectivity index (χ3n) is 3.55. The smallest absolute Gasteiger partial charge is 0.257 e. The van der Waals surface area contributed by atoms with Crippen molar-refractivity contribution in [1.29, 1.82) is 0 Å². The van der Waals surface area contributed by atoms with Crippen LogP contribution in [0.1, 0.15) is 23.2 Å². The highest BCUT2D eigenvalue weighted by Gasteiger charge is 2.30. The lowest BCUT2D eigenvalue weighted by Gasteiger charge is -2.24. The van der Waals surface area contributed by atoms with Gasteiger partial charge in [0.2, 0.25) is 0 Å². The van der Waals surface area contributed by atoms with Gasteiger partial charge in [-0.1, -0.05) is 0 Å². The van der Waals surface area contributed by atoms with Crippen molar-refractivity contribution in [2.24, 2.45) is 7.05 Å². The van der Waals surface area contributed by atoms with E-state index in [4.69, 9.17) is 0 Å². The highest BCUT2D eigenvalue weighted by molar-refractivity contribution is 5.94. The van der Waals surface area contributed by atoms with Crippen LogP contribution in [0, 0.1) is 0 Å². The van der Waals surface area contributed by atoms with Gasteiger partial charge in [0.05, 0.1) is 24.3 Å². The molecule has 0 unspecified atom stereocenters. The van der Waals surface area contributed by atoms with Crippen molar-refractivity contribution in [3.05, 3.63) is 36.4 Å². The molecule has 0 spiro atoms. The van der Waals surface area contributed by atoms with Gasteiger partial charge in [0, 0.05) is 32.2 Å². The van der Waals surface area contributed by atoms with Crippen LogP contribution < -0.4 is 0 Å². The first-order chi connectivity index (χ1) is 9.24. The number of likely N-dealkylation sites (tertiary alicyclic amines) is 1. The normalized spacial score (nSPS) is 19.0. The van der Waals surface area contributed by atoms with E-state index < -0.39 is 0 Å². The maximum atomic E-state index is 12.4. The highest BCUT2D eigenvalue weighted by atomic mass is 16.2. The number of carbonyl (C=O) groups is 1. The average molecular weight is 259 g/mol. The first-order valence-electron chi connectivity index (χ1n) is 6.51. The Morgan fingerprint density at radius 2 is 2.37 bits per heavy atom. The molecule has 0 aliphatic carbocycles. The van der Waals surface area contributed by atoms with Gasteiger partial charge < -0.3 is 4.90 Å². The monoisotopic (exact) mass is 259 g/mol. The van der Waals surface area contributed by atoms with Crippen LogP contribution in [0.25, 0.3) is 0 Å². The fourth-order valence-electron chi connectivity index (χ4n) is 2.61. The average Bonchev–Trinajstić information content (AvgIpc) is 3.10. The molecule has 3 heterocycles. The predicted octanol–water partition coefficient (Wildman–Crippen LogP) is 0.921.